The van der Waals surface area contributed by atoms with Crippen molar-refractivity contribution in [3.05, 3.63) is 59.0 Å². The van der Waals surface area contributed by atoms with Gasteiger partial charge in [-0.05, 0) is 35.7 Å². The molecule has 0 aliphatic heterocycles. The predicted octanol–water partition coefficient (Wildman–Crippen LogP) is 2.03. The molecule has 0 bridgehead atoms. The summed E-state index contributed by atoms with van der Waals surface area (Å²) in [6.45, 7) is 0. The molecule has 2 aromatic heterocycles. The Labute approximate surface area is 91.7 Å². The number of aromatic nitrogens is 1. The first-order valence-electron chi connectivity index (χ1n) is 5.05. The predicted molar refractivity (Wildman–Crippen MR) is 65.6 cm³/mol. The highest BCUT2D eigenvalue weighted by atomic mass is 16.1. The molecule has 0 radical (unpaired) electrons. The van der Waals surface area contributed by atoms with E-state index in [1.807, 2.05) is 41.1 Å². The topological polar surface area (TPSA) is 47.5 Å². The van der Waals surface area contributed by atoms with Crippen molar-refractivity contribution in [2.75, 3.05) is 5.73 Å². The second kappa shape index (κ2) is 3.10. The summed E-state index contributed by atoms with van der Waals surface area (Å²) in [6, 6.07) is 11.0. The minimum atomic E-state index is 0.0114. The van der Waals surface area contributed by atoms with Crippen LogP contribution in [0.1, 0.15) is 0 Å². The third kappa shape index (κ3) is 1.18. The third-order valence-corrected chi connectivity index (χ3v) is 2.75. The Hall–Kier alpha value is -2.29. The molecule has 0 amide bonds. The summed E-state index contributed by atoms with van der Waals surface area (Å²) >= 11 is 0. The summed E-state index contributed by atoms with van der Waals surface area (Å²) in [7, 11) is 0. The van der Waals surface area contributed by atoms with Gasteiger partial charge >= 0.3 is 0 Å². The van der Waals surface area contributed by atoms with Crippen LogP contribution >= 0.6 is 0 Å². The molecule has 0 spiro atoms. The smallest absolute Gasteiger partial charge is 0.210 e. The van der Waals surface area contributed by atoms with Crippen LogP contribution in [-0.4, -0.2) is 4.40 Å². The average molecular weight is 210 g/mol. The Kier molecular flexibility index (Phi) is 1.74. The Morgan fingerprint density at radius 3 is 2.81 bits per heavy atom. The van der Waals surface area contributed by atoms with Crippen molar-refractivity contribution < 1.29 is 0 Å². The van der Waals surface area contributed by atoms with Gasteiger partial charge in [0, 0.05) is 23.5 Å². The number of nitrogens with zero attached hydrogens (tertiary/aromatic N) is 1. The molecule has 2 heterocycles. The zero-order valence-corrected chi connectivity index (χ0v) is 8.55. The number of hydrogen-bond donors (Lipinski definition) is 1. The van der Waals surface area contributed by atoms with Crippen LogP contribution < -0.4 is 11.2 Å². The maximum absolute atomic E-state index is 12.2. The molecule has 0 saturated carbocycles. The highest BCUT2D eigenvalue weighted by Gasteiger charge is 2.01. The summed E-state index contributed by atoms with van der Waals surface area (Å²) in [5.41, 5.74) is 7.00. The third-order valence-electron chi connectivity index (χ3n) is 2.75. The number of benzene rings is 1. The Balaban J connectivity index is 2.66. The molecule has 3 nitrogen and oxygen atoms in total. The van der Waals surface area contributed by atoms with Gasteiger partial charge in [-0.3, -0.25) is 4.79 Å². The van der Waals surface area contributed by atoms with E-state index >= 15 is 0 Å². The number of hydrogen-bond acceptors (Lipinski definition) is 2. The van der Waals surface area contributed by atoms with Crippen molar-refractivity contribution in [3.63, 3.8) is 0 Å². The molecule has 0 aliphatic carbocycles. The number of rotatable bonds is 0. The minimum Gasteiger partial charge on any atom is -0.399 e. The van der Waals surface area contributed by atoms with E-state index in [-0.39, 0.29) is 5.43 Å². The first-order chi connectivity index (χ1) is 7.75. The molecule has 0 aliphatic rings. The van der Waals surface area contributed by atoms with Gasteiger partial charge in [-0.15, -0.1) is 0 Å². The van der Waals surface area contributed by atoms with E-state index < -0.39 is 0 Å². The summed E-state index contributed by atoms with van der Waals surface area (Å²) in [5.74, 6) is 0. The van der Waals surface area contributed by atoms with Gasteiger partial charge in [0.1, 0.15) is 0 Å². The van der Waals surface area contributed by atoms with E-state index in [4.69, 9.17) is 5.73 Å². The lowest BCUT2D eigenvalue weighted by Gasteiger charge is -1.93. The first-order valence-corrected chi connectivity index (χ1v) is 5.05. The minimum absolute atomic E-state index is 0.0114. The van der Waals surface area contributed by atoms with E-state index in [0.29, 0.717) is 16.6 Å². The van der Waals surface area contributed by atoms with Gasteiger partial charge < -0.3 is 10.1 Å². The SMILES string of the molecule is Nc1ccc2ccn3cccc3c(=O)c2c1. The Morgan fingerprint density at radius 2 is 1.94 bits per heavy atom. The number of nitrogen functional groups attached to an aromatic ring is 1. The average Bonchev–Trinajstić information content (AvgIpc) is 2.70. The van der Waals surface area contributed by atoms with Crippen molar-refractivity contribution in [1.29, 1.82) is 0 Å². The van der Waals surface area contributed by atoms with Gasteiger partial charge in [-0.1, -0.05) is 6.07 Å². The summed E-state index contributed by atoms with van der Waals surface area (Å²) in [4.78, 5) is 12.2. The summed E-state index contributed by atoms with van der Waals surface area (Å²) in [5, 5.41) is 1.57. The van der Waals surface area contributed by atoms with Gasteiger partial charge in [-0.25, -0.2) is 0 Å². The standard InChI is InChI=1S/C13H10N2O/c14-10-4-3-9-5-7-15-6-1-2-12(15)13(16)11(9)8-10/h1-8H,14H2. The molecule has 0 fully saturated rings. The van der Waals surface area contributed by atoms with E-state index in [9.17, 15) is 4.79 Å². The lowest BCUT2D eigenvalue weighted by atomic mass is 10.1. The molecule has 16 heavy (non-hydrogen) atoms. The van der Waals surface area contributed by atoms with Gasteiger partial charge in [-0.2, -0.15) is 0 Å². The first kappa shape index (κ1) is 8.97. The fourth-order valence-electron chi connectivity index (χ4n) is 1.93. The number of nitrogens with two attached hydrogens (primary N) is 1. The fourth-order valence-corrected chi connectivity index (χ4v) is 1.93. The van der Waals surface area contributed by atoms with Crippen molar-refractivity contribution in [2.24, 2.45) is 0 Å². The van der Waals surface area contributed by atoms with Crippen LogP contribution in [0.3, 0.4) is 0 Å². The summed E-state index contributed by atoms with van der Waals surface area (Å²) < 4.78 is 1.82. The Morgan fingerprint density at radius 1 is 1.06 bits per heavy atom. The lowest BCUT2D eigenvalue weighted by Crippen LogP contribution is -2.00. The van der Waals surface area contributed by atoms with E-state index in [1.54, 1.807) is 12.1 Å². The maximum Gasteiger partial charge on any atom is 0.210 e. The quantitative estimate of drug-likeness (QED) is 0.577. The molecular formula is C13H10N2O. The molecular weight excluding hydrogens is 200 g/mol. The fraction of sp³-hybridized carbons (Fsp3) is 0. The van der Waals surface area contributed by atoms with Crippen molar-refractivity contribution in [2.45, 2.75) is 0 Å². The highest BCUT2D eigenvalue weighted by Crippen LogP contribution is 2.14. The Bertz CT molecular complexity index is 744. The van der Waals surface area contributed by atoms with Crippen molar-refractivity contribution in [3.8, 4) is 0 Å². The van der Waals surface area contributed by atoms with E-state index in [2.05, 4.69) is 0 Å². The van der Waals surface area contributed by atoms with Crippen LogP contribution in [-0.2, 0) is 0 Å². The lowest BCUT2D eigenvalue weighted by molar-refractivity contribution is 1.21. The van der Waals surface area contributed by atoms with Gasteiger partial charge in [0.25, 0.3) is 0 Å². The van der Waals surface area contributed by atoms with Crippen LogP contribution in [0.15, 0.2) is 53.6 Å². The number of fused-ring (bicyclic) bond motifs is 2. The maximum atomic E-state index is 12.2. The molecule has 78 valence electrons. The molecule has 3 heteroatoms. The number of anilines is 1. The molecule has 0 unspecified atom stereocenters. The summed E-state index contributed by atoms with van der Waals surface area (Å²) in [6.07, 6.45) is 3.74. The molecule has 0 saturated heterocycles. The zero-order valence-electron chi connectivity index (χ0n) is 8.55. The highest BCUT2D eigenvalue weighted by molar-refractivity contribution is 5.87. The normalized spacial score (nSPS) is 11.0. The van der Waals surface area contributed by atoms with Crippen LogP contribution in [0.5, 0.6) is 0 Å². The largest absolute Gasteiger partial charge is 0.399 e. The second-order valence-electron chi connectivity index (χ2n) is 3.79. The molecule has 2 N–H and O–H groups in total. The van der Waals surface area contributed by atoms with Gasteiger partial charge in [0.2, 0.25) is 5.43 Å². The van der Waals surface area contributed by atoms with Crippen LogP contribution in [0.25, 0.3) is 16.3 Å². The molecule has 3 rings (SSSR count). The van der Waals surface area contributed by atoms with Crippen LogP contribution in [0.4, 0.5) is 5.69 Å². The monoisotopic (exact) mass is 210 g/mol. The molecule has 1 aromatic carbocycles. The van der Waals surface area contributed by atoms with Gasteiger partial charge in [0.05, 0.1) is 5.52 Å². The van der Waals surface area contributed by atoms with Gasteiger partial charge in [0.15, 0.2) is 0 Å². The van der Waals surface area contributed by atoms with E-state index in [1.165, 1.54) is 0 Å². The molecule has 3 aromatic rings. The van der Waals surface area contributed by atoms with Crippen LogP contribution in [0.2, 0.25) is 0 Å². The zero-order chi connectivity index (χ0) is 11.1. The van der Waals surface area contributed by atoms with Crippen molar-refractivity contribution >= 4 is 22.0 Å². The molecule has 0 atom stereocenters. The van der Waals surface area contributed by atoms with Crippen LogP contribution in [0, 0.1) is 0 Å². The second-order valence-corrected chi connectivity index (χ2v) is 3.79. The van der Waals surface area contributed by atoms with E-state index in [0.717, 1.165) is 5.39 Å². The van der Waals surface area contributed by atoms with Crippen molar-refractivity contribution in [1.82, 2.24) is 4.40 Å².